The smallest absolute Gasteiger partial charge is 0.0387 e. The fourth-order valence-corrected chi connectivity index (χ4v) is 2.76. The average Bonchev–Trinajstić information content (AvgIpc) is 2.39. The third-order valence-corrected chi connectivity index (χ3v) is 4.27. The summed E-state index contributed by atoms with van der Waals surface area (Å²) < 4.78 is 0. The Morgan fingerprint density at radius 1 is 1.21 bits per heavy atom. The Morgan fingerprint density at radius 3 is 2.58 bits per heavy atom. The summed E-state index contributed by atoms with van der Waals surface area (Å²) in [7, 11) is 0. The number of anilines is 1. The van der Waals surface area contributed by atoms with Crippen LogP contribution in [-0.4, -0.2) is 25.2 Å². The van der Waals surface area contributed by atoms with E-state index in [2.05, 4.69) is 69.1 Å². The van der Waals surface area contributed by atoms with Crippen LogP contribution in [0.5, 0.6) is 0 Å². The Bertz CT molecular complexity index is 411. The monoisotopic (exact) mass is 260 g/mol. The zero-order valence-electron chi connectivity index (χ0n) is 13.0. The molecular weight excluding hydrogens is 232 g/mol. The quantitative estimate of drug-likeness (QED) is 0.892. The summed E-state index contributed by atoms with van der Waals surface area (Å²) in [4.78, 5) is 2.56. The lowest BCUT2D eigenvalue weighted by Crippen LogP contribution is -2.57. The second kappa shape index (κ2) is 5.96. The standard InChI is InChI=1S/C17H28N2/c1-12(2)15-7-6-8-16(9-15)19-11-17(13(3)4)18-10-14(19)5/h6-9,12-14,17-18H,10-11H2,1-5H3. The third kappa shape index (κ3) is 3.30. The lowest BCUT2D eigenvalue weighted by atomic mass is 9.98. The van der Waals surface area contributed by atoms with E-state index >= 15 is 0 Å². The second-order valence-electron chi connectivity index (χ2n) is 6.51. The van der Waals surface area contributed by atoms with Crippen molar-refractivity contribution < 1.29 is 0 Å². The van der Waals surface area contributed by atoms with Crippen molar-refractivity contribution in [3.63, 3.8) is 0 Å². The fraction of sp³-hybridized carbons (Fsp3) is 0.647. The molecule has 2 rings (SSSR count). The van der Waals surface area contributed by atoms with Gasteiger partial charge in [0.1, 0.15) is 0 Å². The van der Waals surface area contributed by atoms with Gasteiger partial charge < -0.3 is 10.2 Å². The molecule has 2 unspecified atom stereocenters. The van der Waals surface area contributed by atoms with Gasteiger partial charge in [-0.25, -0.2) is 0 Å². The largest absolute Gasteiger partial charge is 0.366 e. The summed E-state index contributed by atoms with van der Waals surface area (Å²) in [5.41, 5.74) is 2.81. The number of nitrogens with one attached hydrogen (secondary N) is 1. The van der Waals surface area contributed by atoms with Crippen LogP contribution in [0.4, 0.5) is 5.69 Å². The molecule has 0 saturated carbocycles. The van der Waals surface area contributed by atoms with Gasteiger partial charge in [0.05, 0.1) is 0 Å². The third-order valence-electron chi connectivity index (χ3n) is 4.27. The maximum absolute atomic E-state index is 3.66. The molecule has 1 saturated heterocycles. The van der Waals surface area contributed by atoms with E-state index in [0.717, 1.165) is 13.1 Å². The molecule has 0 amide bonds. The summed E-state index contributed by atoms with van der Waals surface area (Å²) in [5, 5.41) is 3.66. The summed E-state index contributed by atoms with van der Waals surface area (Å²) >= 11 is 0. The number of hydrogen-bond acceptors (Lipinski definition) is 2. The van der Waals surface area contributed by atoms with E-state index in [1.165, 1.54) is 11.3 Å². The van der Waals surface area contributed by atoms with Crippen molar-refractivity contribution in [2.24, 2.45) is 5.92 Å². The molecule has 1 aromatic rings. The van der Waals surface area contributed by atoms with Crippen LogP contribution in [-0.2, 0) is 0 Å². The lowest BCUT2D eigenvalue weighted by Gasteiger charge is -2.42. The lowest BCUT2D eigenvalue weighted by molar-refractivity contribution is 0.337. The van der Waals surface area contributed by atoms with Crippen LogP contribution in [0.3, 0.4) is 0 Å². The summed E-state index contributed by atoms with van der Waals surface area (Å²) in [5.74, 6) is 1.28. The Morgan fingerprint density at radius 2 is 1.95 bits per heavy atom. The molecule has 1 fully saturated rings. The van der Waals surface area contributed by atoms with Gasteiger partial charge in [-0.05, 0) is 36.5 Å². The first-order chi connectivity index (χ1) is 8.99. The van der Waals surface area contributed by atoms with E-state index in [-0.39, 0.29) is 0 Å². The minimum Gasteiger partial charge on any atom is -0.366 e. The first-order valence-corrected chi connectivity index (χ1v) is 7.59. The van der Waals surface area contributed by atoms with Crippen LogP contribution in [0.2, 0.25) is 0 Å². The van der Waals surface area contributed by atoms with Crippen molar-refractivity contribution in [1.82, 2.24) is 5.32 Å². The predicted molar refractivity (Wildman–Crippen MR) is 84.0 cm³/mol. The van der Waals surface area contributed by atoms with Gasteiger partial charge in [0.25, 0.3) is 0 Å². The fourth-order valence-electron chi connectivity index (χ4n) is 2.76. The van der Waals surface area contributed by atoms with Crippen molar-refractivity contribution in [3.05, 3.63) is 29.8 Å². The van der Waals surface area contributed by atoms with Crippen LogP contribution in [0, 0.1) is 5.92 Å². The van der Waals surface area contributed by atoms with Gasteiger partial charge in [-0.1, -0.05) is 39.8 Å². The number of nitrogens with zero attached hydrogens (tertiary/aromatic N) is 1. The normalized spacial score (nSPS) is 24.3. The highest BCUT2D eigenvalue weighted by Gasteiger charge is 2.26. The molecule has 0 aliphatic carbocycles. The molecule has 1 aliphatic rings. The van der Waals surface area contributed by atoms with Crippen LogP contribution in [0.1, 0.15) is 46.1 Å². The van der Waals surface area contributed by atoms with Gasteiger partial charge >= 0.3 is 0 Å². The zero-order chi connectivity index (χ0) is 14.0. The maximum Gasteiger partial charge on any atom is 0.0387 e. The molecule has 2 atom stereocenters. The van der Waals surface area contributed by atoms with E-state index in [0.29, 0.717) is 23.9 Å². The summed E-state index contributed by atoms with van der Waals surface area (Å²) in [6, 6.07) is 10.2. The highest BCUT2D eigenvalue weighted by Crippen LogP contribution is 2.25. The predicted octanol–water partition coefficient (Wildman–Crippen LogP) is 3.63. The molecule has 2 heteroatoms. The van der Waals surface area contributed by atoms with Crippen LogP contribution in [0.25, 0.3) is 0 Å². The molecule has 1 heterocycles. The minimum atomic E-state index is 0.567. The first-order valence-electron chi connectivity index (χ1n) is 7.59. The van der Waals surface area contributed by atoms with Gasteiger partial charge in [0, 0.05) is 30.9 Å². The highest BCUT2D eigenvalue weighted by atomic mass is 15.2. The second-order valence-corrected chi connectivity index (χ2v) is 6.51. The van der Waals surface area contributed by atoms with Gasteiger partial charge in [-0.15, -0.1) is 0 Å². The SMILES string of the molecule is CC(C)c1cccc(N2CC(C(C)C)NCC2C)c1. The molecule has 1 N–H and O–H groups in total. The van der Waals surface area contributed by atoms with Gasteiger partial charge in [-0.2, -0.15) is 0 Å². The van der Waals surface area contributed by atoms with E-state index in [4.69, 9.17) is 0 Å². The Kier molecular flexibility index (Phi) is 4.51. The van der Waals surface area contributed by atoms with Gasteiger partial charge in [0.15, 0.2) is 0 Å². The van der Waals surface area contributed by atoms with E-state index in [9.17, 15) is 0 Å². The van der Waals surface area contributed by atoms with Crippen molar-refractivity contribution in [3.8, 4) is 0 Å². The van der Waals surface area contributed by atoms with Crippen LogP contribution >= 0.6 is 0 Å². The zero-order valence-corrected chi connectivity index (χ0v) is 13.0. The average molecular weight is 260 g/mol. The highest BCUT2D eigenvalue weighted by molar-refractivity contribution is 5.51. The topological polar surface area (TPSA) is 15.3 Å². The van der Waals surface area contributed by atoms with Gasteiger partial charge in [0.2, 0.25) is 0 Å². The molecule has 1 aliphatic heterocycles. The van der Waals surface area contributed by atoms with Crippen molar-refractivity contribution >= 4 is 5.69 Å². The van der Waals surface area contributed by atoms with Crippen molar-refractivity contribution in [2.75, 3.05) is 18.0 Å². The number of benzene rings is 1. The summed E-state index contributed by atoms with van der Waals surface area (Å²) in [6.07, 6.45) is 0. The van der Waals surface area contributed by atoms with E-state index < -0.39 is 0 Å². The molecule has 0 radical (unpaired) electrons. The summed E-state index contributed by atoms with van der Waals surface area (Å²) in [6.45, 7) is 13.6. The molecule has 2 nitrogen and oxygen atoms in total. The number of rotatable bonds is 3. The molecule has 0 spiro atoms. The number of hydrogen-bond donors (Lipinski definition) is 1. The van der Waals surface area contributed by atoms with E-state index in [1.807, 2.05) is 0 Å². The molecule has 0 aromatic heterocycles. The maximum atomic E-state index is 3.66. The van der Waals surface area contributed by atoms with Crippen molar-refractivity contribution in [2.45, 2.75) is 52.6 Å². The number of piperazine rings is 1. The van der Waals surface area contributed by atoms with E-state index in [1.54, 1.807) is 0 Å². The molecule has 106 valence electrons. The van der Waals surface area contributed by atoms with Crippen molar-refractivity contribution in [1.29, 1.82) is 0 Å². The van der Waals surface area contributed by atoms with Crippen LogP contribution < -0.4 is 10.2 Å². The molecule has 1 aromatic carbocycles. The molecular formula is C17H28N2. The minimum absolute atomic E-state index is 0.567. The molecule has 19 heavy (non-hydrogen) atoms. The Hall–Kier alpha value is -1.02. The Balaban J connectivity index is 2.21. The van der Waals surface area contributed by atoms with Crippen LogP contribution in [0.15, 0.2) is 24.3 Å². The molecule has 0 bridgehead atoms. The Labute approximate surface area is 118 Å². The van der Waals surface area contributed by atoms with Gasteiger partial charge in [-0.3, -0.25) is 0 Å². The first kappa shape index (κ1) is 14.4.